The Morgan fingerprint density at radius 1 is 0.850 bits per heavy atom. The Kier molecular flexibility index (Phi) is 9.50. The Labute approximate surface area is 233 Å². The van der Waals surface area contributed by atoms with Crippen LogP contribution in [0.1, 0.15) is 45.7 Å². The van der Waals surface area contributed by atoms with Crippen LogP contribution in [-0.4, -0.2) is 38.4 Å². The monoisotopic (exact) mass is 556 g/mol. The van der Waals surface area contributed by atoms with Crippen LogP contribution >= 0.6 is 0 Å². The molecule has 214 valence electrons. The van der Waals surface area contributed by atoms with E-state index in [1.807, 2.05) is 50.2 Å². The number of rotatable bonds is 8. The van der Waals surface area contributed by atoms with E-state index in [-0.39, 0.29) is 17.7 Å². The molecule has 0 spiro atoms. The van der Waals surface area contributed by atoms with Gasteiger partial charge in [0.2, 0.25) is 0 Å². The summed E-state index contributed by atoms with van der Waals surface area (Å²) in [7, 11) is 1.14. The number of benzene rings is 3. The number of hydrogen-bond donors (Lipinski definition) is 0. The van der Waals surface area contributed by atoms with Gasteiger partial charge in [-0.05, 0) is 66.3 Å². The molecule has 0 unspecified atom stereocenters. The molecule has 3 aromatic rings. The first-order valence-electron chi connectivity index (χ1n) is 13.0. The number of hydrogen-bond acceptors (Lipinski definition) is 5. The van der Waals surface area contributed by atoms with Crippen molar-refractivity contribution in [1.82, 2.24) is 0 Å². The highest BCUT2D eigenvalue weighted by Crippen LogP contribution is 2.37. The fraction of sp³-hybridized carbons (Fsp3) is 0.355. The minimum Gasteiger partial charge on any atom is -0.462 e. The van der Waals surface area contributed by atoms with Crippen molar-refractivity contribution >= 4 is 23.3 Å². The van der Waals surface area contributed by atoms with E-state index >= 15 is 0 Å². The zero-order valence-corrected chi connectivity index (χ0v) is 23.6. The second-order valence-corrected chi connectivity index (χ2v) is 10.3. The van der Waals surface area contributed by atoms with E-state index in [4.69, 9.17) is 4.74 Å². The minimum atomic E-state index is -4.82. The van der Waals surface area contributed by atoms with Gasteiger partial charge in [-0.3, -0.25) is 9.69 Å². The van der Waals surface area contributed by atoms with Gasteiger partial charge in [-0.1, -0.05) is 57.2 Å². The van der Waals surface area contributed by atoms with Gasteiger partial charge in [0.25, 0.3) is 0 Å². The lowest BCUT2D eigenvalue weighted by molar-refractivity contribution is -0.274. The predicted octanol–water partition coefficient (Wildman–Crippen LogP) is 7.10. The number of esters is 1. The van der Waals surface area contributed by atoms with Crippen molar-refractivity contribution < 1.29 is 32.2 Å². The first-order chi connectivity index (χ1) is 18.8. The summed E-state index contributed by atoms with van der Waals surface area (Å²) in [4.78, 5) is 29.2. The molecule has 3 rings (SSSR count). The van der Waals surface area contributed by atoms with Crippen LogP contribution in [0.2, 0.25) is 0 Å². The molecular weight excluding hydrogens is 521 g/mol. The number of carbonyl (C=O) groups is 2. The summed E-state index contributed by atoms with van der Waals surface area (Å²) >= 11 is 0. The molecule has 6 nitrogen and oxygen atoms in total. The standard InChI is InChI=1S/C31H35F3N2O4/c1-7-35(8-2)24-15-18-27(26(19-24)22-11-16-25(17-12-22)40-31(32,33)34)36(28(37)29(38)39-6)20-21-9-13-23(14-10-21)30(3,4)5/h9-19H,7-8,20H2,1-6H3. The van der Waals surface area contributed by atoms with Gasteiger partial charge in [0.1, 0.15) is 5.75 Å². The summed E-state index contributed by atoms with van der Waals surface area (Å²) in [5.74, 6) is -2.26. The van der Waals surface area contributed by atoms with Crippen molar-refractivity contribution in [3.63, 3.8) is 0 Å². The molecular formula is C31H35F3N2O4. The molecule has 0 radical (unpaired) electrons. The van der Waals surface area contributed by atoms with Gasteiger partial charge in [0, 0.05) is 24.3 Å². The molecule has 0 saturated heterocycles. The van der Waals surface area contributed by atoms with Crippen molar-refractivity contribution in [2.24, 2.45) is 0 Å². The van der Waals surface area contributed by atoms with E-state index < -0.39 is 18.2 Å². The molecule has 40 heavy (non-hydrogen) atoms. The third-order valence-electron chi connectivity index (χ3n) is 6.56. The average Bonchev–Trinajstić information content (AvgIpc) is 2.91. The van der Waals surface area contributed by atoms with E-state index in [1.165, 1.54) is 29.2 Å². The fourth-order valence-corrected chi connectivity index (χ4v) is 4.37. The smallest absolute Gasteiger partial charge is 0.462 e. The van der Waals surface area contributed by atoms with Gasteiger partial charge in [-0.2, -0.15) is 0 Å². The van der Waals surface area contributed by atoms with E-state index in [0.717, 1.165) is 37.0 Å². The molecule has 0 aliphatic heterocycles. The second-order valence-electron chi connectivity index (χ2n) is 10.3. The Bertz CT molecular complexity index is 1310. The van der Waals surface area contributed by atoms with Crippen LogP contribution in [0, 0.1) is 0 Å². The van der Waals surface area contributed by atoms with E-state index in [1.54, 1.807) is 6.07 Å². The van der Waals surface area contributed by atoms with Crippen LogP contribution < -0.4 is 14.5 Å². The highest BCUT2D eigenvalue weighted by Gasteiger charge is 2.31. The first kappa shape index (κ1) is 30.5. The summed E-state index contributed by atoms with van der Waals surface area (Å²) < 4.78 is 47.0. The van der Waals surface area contributed by atoms with E-state index in [0.29, 0.717) is 16.8 Å². The van der Waals surface area contributed by atoms with Gasteiger partial charge in [-0.25, -0.2) is 4.79 Å². The quantitative estimate of drug-likeness (QED) is 0.219. The summed E-state index contributed by atoms with van der Waals surface area (Å²) in [5, 5.41) is 0. The number of methoxy groups -OCH3 is 1. The van der Waals surface area contributed by atoms with Crippen LogP contribution in [0.3, 0.4) is 0 Å². The maximum Gasteiger partial charge on any atom is 0.573 e. The molecule has 3 aromatic carbocycles. The Morgan fingerprint density at radius 3 is 1.95 bits per heavy atom. The van der Waals surface area contributed by atoms with Crippen molar-refractivity contribution in [3.8, 4) is 16.9 Å². The largest absolute Gasteiger partial charge is 0.573 e. The Balaban J connectivity index is 2.15. The Morgan fingerprint density at radius 2 is 1.45 bits per heavy atom. The van der Waals surface area contributed by atoms with Crippen LogP contribution in [0.4, 0.5) is 24.5 Å². The second kappa shape index (κ2) is 12.4. The number of alkyl halides is 3. The molecule has 1 amide bonds. The number of nitrogens with zero attached hydrogens (tertiary/aromatic N) is 2. The van der Waals surface area contributed by atoms with Crippen molar-refractivity contribution in [2.75, 3.05) is 30.0 Å². The van der Waals surface area contributed by atoms with Crippen LogP contribution in [0.5, 0.6) is 5.75 Å². The minimum absolute atomic E-state index is 0.0600. The Hall–Kier alpha value is -4.01. The molecule has 0 fully saturated rings. The number of ether oxygens (including phenoxy) is 2. The SMILES string of the molecule is CCN(CC)c1ccc(N(Cc2ccc(C(C)(C)C)cc2)C(=O)C(=O)OC)c(-c2ccc(OC(F)(F)F)cc2)c1. The molecule has 0 aliphatic rings. The first-order valence-corrected chi connectivity index (χ1v) is 13.0. The molecule has 0 saturated carbocycles. The summed E-state index contributed by atoms with van der Waals surface area (Å²) in [5.41, 5.74) is 4.23. The molecule has 9 heteroatoms. The number of anilines is 2. The average molecular weight is 557 g/mol. The van der Waals surface area contributed by atoms with Gasteiger partial charge in [-0.15, -0.1) is 13.2 Å². The normalized spacial score (nSPS) is 11.6. The summed E-state index contributed by atoms with van der Waals surface area (Å²) in [6.07, 6.45) is -4.82. The van der Waals surface area contributed by atoms with Crippen LogP contribution in [0.25, 0.3) is 11.1 Å². The maximum atomic E-state index is 13.3. The highest BCUT2D eigenvalue weighted by molar-refractivity contribution is 6.38. The van der Waals surface area contributed by atoms with Gasteiger partial charge in [0.15, 0.2) is 0 Å². The molecule has 0 heterocycles. The topological polar surface area (TPSA) is 59.1 Å². The number of amides is 1. The van der Waals surface area contributed by atoms with Gasteiger partial charge >= 0.3 is 18.2 Å². The number of carbonyl (C=O) groups excluding carboxylic acids is 2. The predicted molar refractivity (Wildman–Crippen MR) is 150 cm³/mol. The van der Waals surface area contributed by atoms with Crippen molar-refractivity contribution in [3.05, 3.63) is 77.9 Å². The number of halogens is 3. The van der Waals surface area contributed by atoms with Crippen LogP contribution in [0.15, 0.2) is 66.7 Å². The third kappa shape index (κ3) is 7.55. The molecule has 0 atom stereocenters. The van der Waals surface area contributed by atoms with Gasteiger partial charge < -0.3 is 14.4 Å². The van der Waals surface area contributed by atoms with Crippen molar-refractivity contribution in [2.45, 2.75) is 52.9 Å². The van der Waals surface area contributed by atoms with Crippen molar-refractivity contribution in [1.29, 1.82) is 0 Å². The van der Waals surface area contributed by atoms with Gasteiger partial charge in [0.05, 0.1) is 19.3 Å². The molecule has 0 aliphatic carbocycles. The summed E-state index contributed by atoms with van der Waals surface area (Å²) in [6, 6.07) is 18.7. The molecule has 0 N–H and O–H groups in total. The fourth-order valence-electron chi connectivity index (χ4n) is 4.37. The van der Waals surface area contributed by atoms with E-state index in [2.05, 4.69) is 30.4 Å². The van der Waals surface area contributed by atoms with E-state index in [9.17, 15) is 22.8 Å². The maximum absolute atomic E-state index is 13.3. The lowest BCUT2D eigenvalue weighted by Gasteiger charge is -2.28. The lowest BCUT2D eigenvalue weighted by atomic mass is 9.86. The third-order valence-corrected chi connectivity index (χ3v) is 6.56. The van der Waals surface area contributed by atoms with Crippen LogP contribution in [-0.2, 0) is 26.3 Å². The lowest BCUT2D eigenvalue weighted by Crippen LogP contribution is -2.37. The zero-order chi connectivity index (χ0) is 29.7. The highest BCUT2D eigenvalue weighted by atomic mass is 19.4. The summed E-state index contributed by atoms with van der Waals surface area (Å²) in [6.45, 7) is 11.8. The zero-order valence-electron chi connectivity index (χ0n) is 23.6. The molecule has 0 bridgehead atoms. The molecule has 0 aromatic heterocycles.